The molecule has 108 valence electrons. The second-order valence-corrected chi connectivity index (χ2v) is 7.06. The average Bonchev–Trinajstić information content (AvgIpc) is 2.41. The van der Waals surface area contributed by atoms with Crippen molar-refractivity contribution < 1.29 is 9.90 Å². The van der Waals surface area contributed by atoms with Gasteiger partial charge in [0.1, 0.15) is 0 Å². The summed E-state index contributed by atoms with van der Waals surface area (Å²) in [6.45, 7) is 4.94. The van der Waals surface area contributed by atoms with Crippen molar-refractivity contribution in [3.05, 3.63) is 35.4 Å². The third-order valence-corrected chi connectivity index (χ3v) is 4.67. The molecule has 0 unspecified atom stereocenters. The first kappa shape index (κ1) is 15.1. The van der Waals surface area contributed by atoms with Crippen molar-refractivity contribution in [2.24, 2.45) is 0 Å². The highest BCUT2D eigenvalue weighted by Gasteiger charge is 2.33. The normalized spacial score (nSPS) is 16.2. The lowest BCUT2D eigenvalue weighted by atomic mass is 9.97. The number of unbranched alkanes of at least 4 members (excludes halogenated alkanes) is 1. The number of benzene rings is 1. The zero-order chi connectivity index (χ0) is 14.6. The summed E-state index contributed by atoms with van der Waals surface area (Å²) in [7, 11) is 0. The summed E-state index contributed by atoms with van der Waals surface area (Å²) in [6, 6.07) is 8.14. The SMILES string of the molecule is CC1(C)Sc2ccccc2C=C1C(=O)NCCCCO. The van der Waals surface area contributed by atoms with Gasteiger partial charge < -0.3 is 10.4 Å². The number of thioether (sulfide) groups is 1. The number of aliphatic hydroxyl groups is 1. The molecule has 1 aliphatic rings. The van der Waals surface area contributed by atoms with Gasteiger partial charge in [-0.25, -0.2) is 0 Å². The van der Waals surface area contributed by atoms with Gasteiger partial charge in [-0.05, 0) is 44.4 Å². The summed E-state index contributed by atoms with van der Waals surface area (Å²) in [5, 5.41) is 11.7. The molecular formula is C16H21NO2S. The largest absolute Gasteiger partial charge is 0.396 e. The fourth-order valence-corrected chi connectivity index (χ4v) is 3.43. The molecule has 1 aromatic carbocycles. The number of aliphatic hydroxyl groups excluding tert-OH is 1. The van der Waals surface area contributed by atoms with Crippen LogP contribution in [0.4, 0.5) is 0 Å². The second kappa shape index (κ2) is 6.46. The molecule has 0 bridgehead atoms. The molecule has 0 aromatic heterocycles. The van der Waals surface area contributed by atoms with Crippen molar-refractivity contribution in [3.8, 4) is 0 Å². The summed E-state index contributed by atoms with van der Waals surface area (Å²) in [4.78, 5) is 13.5. The van der Waals surface area contributed by atoms with Gasteiger partial charge in [-0.1, -0.05) is 18.2 Å². The van der Waals surface area contributed by atoms with E-state index in [0.717, 1.165) is 24.0 Å². The molecule has 4 heteroatoms. The van der Waals surface area contributed by atoms with Gasteiger partial charge in [0.25, 0.3) is 0 Å². The van der Waals surface area contributed by atoms with Gasteiger partial charge in [-0.2, -0.15) is 0 Å². The van der Waals surface area contributed by atoms with Crippen LogP contribution in [0.3, 0.4) is 0 Å². The Balaban J connectivity index is 2.13. The van der Waals surface area contributed by atoms with Crippen molar-refractivity contribution in [3.63, 3.8) is 0 Å². The van der Waals surface area contributed by atoms with Crippen molar-refractivity contribution >= 4 is 23.7 Å². The Bertz CT molecular complexity index is 523. The number of nitrogens with one attached hydrogen (secondary N) is 1. The minimum absolute atomic E-state index is 0.00468. The van der Waals surface area contributed by atoms with Gasteiger partial charge in [-0.15, -0.1) is 11.8 Å². The van der Waals surface area contributed by atoms with Crippen LogP contribution < -0.4 is 5.32 Å². The molecular weight excluding hydrogens is 270 g/mol. The fraction of sp³-hybridized carbons (Fsp3) is 0.438. The highest BCUT2D eigenvalue weighted by atomic mass is 32.2. The average molecular weight is 291 g/mol. The molecule has 2 rings (SSSR count). The predicted octanol–water partition coefficient (Wildman–Crippen LogP) is 2.84. The molecule has 0 saturated carbocycles. The minimum Gasteiger partial charge on any atom is -0.396 e. The number of hydrogen-bond acceptors (Lipinski definition) is 3. The molecule has 0 aliphatic carbocycles. The van der Waals surface area contributed by atoms with Crippen LogP contribution in [0.5, 0.6) is 0 Å². The van der Waals surface area contributed by atoms with E-state index in [-0.39, 0.29) is 17.3 Å². The van der Waals surface area contributed by atoms with Crippen molar-refractivity contribution in [2.45, 2.75) is 36.3 Å². The van der Waals surface area contributed by atoms with E-state index < -0.39 is 0 Å². The molecule has 0 saturated heterocycles. The van der Waals surface area contributed by atoms with E-state index in [1.54, 1.807) is 11.8 Å². The first-order valence-corrected chi connectivity index (χ1v) is 7.75. The first-order valence-electron chi connectivity index (χ1n) is 6.94. The van der Waals surface area contributed by atoms with E-state index in [0.29, 0.717) is 6.54 Å². The molecule has 1 heterocycles. The second-order valence-electron chi connectivity index (χ2n) is 5.39. The number of carbonyl (C=O) groups excluding carboxylic acids is 1. The summed E-state index contributed by atoms with van der Waals surface area (Å²) < 4.78 is -0.227. The van der Waals surface area contributed by atoms with E-state index in [9.17, 15) is 4.79 Å². The van der Waals surface area contributed by atoms with Crippen LogP contribution in [0.15, 0.2) is 34.7 Å². The molecule has 0 fully saturated rings. The third-order valence-electron chi connectivity index (χ3n) is 3.35. The number of carbonyl (C=O) groups is 1. The molecule has 3 nitrogen and oxygen atoms in total. The lowest BCUT2D eigenvalue weighted by molar-refractivity contribution is -0.117. The Morgan fingerprint density at radius 1 is 1.30 bits per heavy atom. The topological polar surface area (TPSA) is 49.3 Å². The van der Waals surface area contributed by atoms with Crippen LogP contribution >= 0.6 is 11.8 Å². The number of amides is 1. The van der Waals surface area contributed by atoms with Crippen LogP contribution in [-0.4, -0.2) is 28.9 Å². The van der Waals surface area contributed by atoms with Crippen LogP contribution in [-0.2, 0) is 4.79 Å². The molecule has 0 atom stereocenters. The monoisotopic (exact) mass is 291 g/mol. The highest BCUT2D eigenvalue weighted by Crippen LogP contribution is 2.44. The van der Waals surface area contributed by atoms with E-state index in [1.165, 1.54) is 4.90 Å². The van der Waals surface area contributed by atoms with Crippen LogP contribution in [0.25, 0.3) is 6.08 Å². The van der Waals surface area contributed by atoms with Gasteiger partial charge >= 0.3 is 0 Å². The summed E-state index contributed by atoms with van der Waals surface area (Å²) in [6.07, 6.45) is 3.52. The standard InChI is InChI=1S/C16H21NO2S/c1-16(2)13(15(19)17-9-5-6-10-18)11-12-7-3-4-8-14(12)20-16/h3-4,7-8,11,18H,5-6,9-10H2,1-2H3,(H,17,19). The summed E-state index contributed by atoms with van der Waals surface area (Å²) in [5.41, 5.74) is 1.92. The van der Waals surface area contributed by atoms with Crippen molar-refractivity contribution in [2.75, 3.05) is 13.2 Å². The molecule has 1 aromatic rings. The quantitative estimate of drug-likeness (QED) is 0.820. The van der Waals surface area contributed by atoms with Crippen LogP contribution in [0.2, 0.25) is 0 Å². The number of hydrogen-bond donors (Lipinski definition) is 2. The maximum atomic E-state index is 12.3. The van der Waals surface area contributed by atoms with Gasteiger partial charge in [-0.3, -0.25) is 4.79 Å². The molecule has 1 amide bonds. The van der Waals surface area contributed by atoms with Gasteiger partial charge in [0, 0.05) is 28.4 Å². The van der Waals surface area contributed by atoms with Gasteiger partial charge in [0.2, 0.25) is 5.91 Å². The molecule has 1 aliphatic heterocycles. The van der Waals surface area contributed by atoms with Gasteiger partial charge in [0.05, 0.1) is 0 Å². The number of fused-ring (bicyclic) bond motifs is 1. The highest BCUT2D eigenvalue weighted by molar-refractivity contribution is 8.01. The zero-order valence-electron chi connectivity index (χ0n) is 12.0. The Labute approximate surface area is 124 Å². The van der Waals surface area contributed by atoms with E-state index in [1.807, 2.05) is 24.3 Å². The molecule has 20 heavy (non-hydrogen) atoms. The van der Waals surface area contributed by atoms with Gasteiger partial charge in [0.15, 0.2) is 0 Å². The maximum Gasteiger partial charge on any atom is 0.248 e. The number of rotatable bonds is 5. The van der Waals surface area contributed by atoms with E-state index in [2.05, 4.69) is 25.2 Å². The Morgan fingerprint density at radius 3 is 2.80 bits per heavy atom. The zero-order valence-corrected chi connectivity index (χ0v) is 12.8. The Morgan fingerprint density at radius 2 is 2.05 bits per heavy atom. The lowest BCUT2D eigenvalue weighted by Crippen LogP contribution is -2.35. The van der Waals surface area contributed by atoms with E-state index in [4.69, 9.17) is 5.11 Å². The summed E-state index contributed by atoms with van der Waals surface area (Å²) in [5.74, 6) is -0.00468. The Hall–Kier alpha value is -1.26. The smallest absolute Gasteiger partial charge is 0.248 e. The molecule has 2 N–H and O–H groups in total. The van der Waals surface area contributed by atoms with Crippen LogP contribution in [0.1, 0.15) is 32.3 Å². The molecule has 0 spiro atoms. The Kier molecular flexibility index (Phi) is 4.89. The maximum absolute atomic E-state index is 12.3. The van der Waals surface area contributed by atoms with Crippen molar-refractivity contribution in [1.82, 2.24) is 5.32 Å². The third kappa shape index (κ3) is 3.44. The lowest BCUT2D eigenvalue weighted by Gasteiger charge is -2.31. The van der Waals surface area contributed by atoms with E-state index >= 15 is 0 Å². The van der Waals surface area contributed by atoms with Crippen molar-refractivity contribution in [1.29, 1.82) is 0 Å². The fourth-order valence-electron chi connectivity index (χ4n) is 2.22. The predicted molar refractivity (Wildman–Crippen MR) is 83.7 cm³/mol. The minimum atomic E-state index is -0.227. The first-order chi connectivity index (χ1) is 9.54. The molecule has 0 radical (unpaired) electrons. The summed E-state index contributed by atoms with van der Waals surface area (Å²) >= 11 is 1.73. The van der Waals surface area contributed by atoms with Crippen LogP contribution in [0, 0.1) is 0 Å².